The molecule has 1 heterocycles. The average Bonchev–Trinajstić information content (AvgIpc) is 2.79. The number of benzene rings is 1. The number of fused-ring (bicyclic) bond motifs is 1. The van der Waals surface area contributed by atoms with Gasteiger partial charge in [0.25, 0.3) is 0 Å². The Labute approximate surface area is 119 Å². The lowest BCUT2D eigenvalue weighted by atomic mass is 10.1. The lowest BCUT2D eigenvalue weighted by Crippen LogP contribution is -2.33. The molecular formula is C15H23N3O2. The smallest absolute Gasteiger partial charge is 0.127 e. The number of aromatic amines is 1. The maximum absolute atomic E-state index is 10.1. The number of nitrogens with one attached hydrogen (secondary N) is 2. The largest absolute Gasteiger partial charge is 0.507 e. The fraction of sp³-hybridized carbons (Fsp3) is 0.533. The first-order valence-corrected chi connectivity index (χ1v) is 7.11. The molecule has 0 aliphatic rings. The third-order valence-corrected chi connectivity index (χ3v) is 3.38. The van der Waals surface area contributed by atoms with Crippen molar-refractivity contribution < 1.29 is 10.2 Å². The number of aliphatic hydroxyl groups is 1. The molecule has 2 rings (SSSR count). The molecule has 4 N–H and O–H groups in total. The number of H-pyrrole nitrogens is 1. The van der Waals surface area contributed by atoms with Crippen molar-refractivity contribution in [3.8, 4) is 5.75 Å². The van der Waals surface area contributed by atoms with Crippen LogP contribution in [0, 0.1) is 0 Å². The number of phenols is 1. The lowest BCUT2D eigenvalue weighted by molar-refractivity contribution is 0.168. The molecule has 1 aromatic carbocycles. The van der Waals surface area contributed by atoms with Crippen LogP contribution in [-0.2, 0) is 12.8 Å². The van der Waals surface area contributed by atoms with Gasteiger partial charge in [-0.05, 0) is 24.1 Å². The van der Waals surface area contributed by atoms with Gasteiger partial charge in [-0.3, -0.25) is 5.10 Å². The molecule has 0 aliphatic carbocycles. The topological polar surface area (TPSA) is 81.2 Å². The van der Waals surface area contributed by atoms with Gasteiger partial charge in [-0.15, -0.1) is 0 Å². The van der Waals surface area contributed by atoms with Crippen LogP contribution in [0.5, 0.6) is 5.75 Å². The number of hydrogen-bond acceptors (Lipinski definition) is 4. The van der Waals surface area contributed by atoms with Gasteiger partial charge >= 0.3 is 0 Å². The Morgan fingerprint density at radius 1 is 1.35 bits per heavy atom. The highest BCUT2D eigenvalue weighted by Crippen LogP contribution is 2.29. The number of aryl methyl sites for hydroxylation is 1. The summed E-state index contributed by atoms with van der Waals surface area (Å²) >= 11 is 0. The zero-order chi connectivity index (χ0) is 14.7. The molecule has 5 heteroatoms. The van der Waals surface area contributed by atoms with Gasteiger partial charge in [-0.1, -0.05) is 20.8 Å². The Kier molecular flexibility index (Phi) is 4.62. The lowest BCUT2D eigenvalue weighted by Gasteiger charge is -2.13. The summed E-state index contributed by atoms with van der Waals surface area (Å²) in [5, 5.41) is 31.2. The van der Waals surface area contributed by atoms with Gasteiger partial charge in [-0.25, -0.2) is 0 Å². The molecule has 0 bridgehead atoms. The molecule has 20 heavy (non-hydrogen) atoms. The van der Waals surface area contributed by atoms with Gasteiger partial charge in [-0.2, -0.15) is 5.10 Å². The van der Waals surface area contributed by atoms with Crippen molar-refractivity contribution in [2.24, 2.45) is 0 Å². The minimum Gasteiger partial charge on any atom is -0.507 e. The van der Waals surface area contributed by atoms with Gasteiger partial charge in [0.2, 0.25) is 0 Å². The number of aromatic nitrogens is 2. The first-order valence-electron chi connectivity index (χ1n) is 7.11. The molecule has 0 radical (unpaired) electrons. The monoisotopic (exact) mass is 277 g/mol. The Hall–Kier alpha value is -1.59. The van der Waals surface area contributed by atoms with Crippen molar-refractivity contribution in [2.75, 3.05) is 6.54 Å². The molecule has 0 saturated carbocycles. The van der Waals surface area contributed by atoms with Crippen LogP contribution in [0.4, 0.5) is 0 Å². The van der Waals surface area contributed by atoms with Crippen molar-refractivity contribution in [3.05, 3.63) is 23.4 Å². The van der Waals surface area contributed by atoms with Crippen molar-refractivity contribution in [3.63, 3.8) is 0 Å². The molecule has 0 amide bonds. The normalized spacial score (nSPS) is 13.2. The third kappa shape index (κ3) is 3.29. The van der Waals surface area contributed by atoms with Crippen molar-refractivity contribution in [1.82, 2.24) is 15.5 Å². The number of hydrogen-bond donors (Lipinski definition) is 4. The van der Waals surface area contributed by atoms with E-state index in [2.05, 4.69) is 15.5 Å². The van der Waals surface area contributed by atoms with Crippen LogP contribution in [0.2, 0.25) is 0 Å². The van der Waals surface area contributed by atoms with Crippen LogP contribution >= 0.6 is 0 Å². The van der Waals surface area contributed by atoms with E-state index in [9.17, 15) is 10.2 Å². The van der Waals surface area contributed by atoms with Crippen LogP contribution < -0.4 is 5.32 Å². The number of nitrogens with zero attached hydrogens (tertiary/aromatic N) is 1. The summed E-state index contributed by atoms with van der Waals surface area (Å²) in [6, 6.07) is 4.07. The molecular weight excluding hydrogens is 254 g/mol. The van der Waals surface area contributed by atoms with Crippen LogP contribution in [-0.4, -0.2) is 39.1 Å². The summed E-state index contributed by atoms with van der Waals surface area (Å²) in [6.45, 7) is 6.63. The Balaban J connectivity index is 2.19. The molecule has 110 valence electrons. The van der Waals surface area contributed by atoms with Gasteiger partial charge in [0.15, 0.2) is 0 Å². The quantitative estimate of drug-likeness (QED) is 0.648. The summed E-state index contributed by atoms with van der Waals surface area (Å²) in [5.74, 6) is 0.229. The van der Waals surface area contributed by atoms with E-state index in [0.29, 0.717) is 24.4 Å². The molecule has 1 aromatic heterocycles. The van der Waals surface area contributed by atoms with Gasteiger partial charge in [0.05, 0.1) is 17.0 Å². The van der Waals surface area contributed by atoms with Gasteiger partial charge in [0.1, 0.15) is 5.75 Å². The Bertz CT molecular complexity index is 578. The highest BCUT2D eigenvalue weighted by molar-refractivity contribution is 5.88. The van der Waals surface area contributed by atoms with Gasteiger partial charge < -0.3 is 15.5 Å². The van der Waals surface area contributed by atoms with Crippen molar-refractivity contribution >= 4 is 10.9 Å². The molecule has 1 unspecified atom stereocenters. The molecule has 0 spiro atoms. The number of rotatable bonds is 6. The standard InChI is InChI=1S/C15H23N3O2/c1-4-10-5-12-15(14(20)6-10)13(18-17-12)7-11(19)8-16-9(2)3/h5-6,9,11,16,19-20H,4,7-8H2,1-3H3,(H,17,18). The fourth-order valence-corrected chi connectivity index (χ4v) is 2.28. The fourth-order valence-electron chi connectivity index (χ4n) is 2.28. The number of aliphatic hydroxyl groups excluding tert-OH is 1. The van der Waals surface area contributed by atoms with Gasteiger partial charge in [0, 0.05) is 24.7 Å². The average molecular weight is 277 g/mol. The van der Waals surface area contributed by atoms with E-state index < -0.39 is 6.10 Å². The summed E-state index contributed by atoms with van der Waals surface area (Å²) in [4.78, 5) is 0. The van der Waals surface area contributed by atoms with Crippen LogP contribution in [0.15, 0.2) is 12.1 Å². The Morgan fingerprint density at radius 2 is 2.10 bits per heavy atom. The highest BCUT2D eigenvalue weighted by Gasteiger charge is 2.15. The maximum atomic E-state index is 10.1. The summed E-state index contributed by atoms with van der Waals surface area (Å²) in [7, 11) is 0. The van der Waals surface area contributed by atoms with Crippen molar-refractivity contribution in [2.45, 2.75) is 45.8 Å². The van der Waals surface area contributed by atoms with E-state index in [1.165, 1.54) is 0 Å². The van der Waals surface area contributed by atoms with Crippen LogP contribution in [0.3, 0.4) is 0 Å². The van der Waals surface area contributed by atoms with Crippen LogP contribution in [0.1, 0.15) is 32.0 Å². The SMILES string of the molecule is CCc1cc(O)c2c(CC(O)CNC(C)C)[nH]nc2c1. The molecule has 5 nitrogen and oxygen atoms in total. The van der Waals surface area contributed by atoms with E-state index in [1.807, 2.05) is 26.8 Å². The zero-order valence-electron chi connectivity index (χ0n) is 12.3. The van der Waals surface area contributed by atoms with Crippen LogP contribution in [0.25, 0.3) is 10.9 Å². The predicted octanol–water partition coefficient (Wildman–Crippen LogP) is 1.73. The second-order valence-corrected chi connectivity index (χ2v) is 5.49. The van der Waals surface area contributed by atoms with E-state index in [0.717, 1.165) is 23.2 Å². The van der Waals surface area contributed by atoms with E-state index in [4.69, 9.17) is 0 Å². The summed E-state index contributed by atoms with van der Waals surface area (Å²) < 4.78 is 0. The third-order valence-electron chi connectivity index (χ3n) is 3.38. The molecule has 2 aromatic rings. The van der Waals surface area contributed by atoms with E-state index in [-0.39, 0.29) is 5.75 Å². The Morgan fingerprint density at radius 3 is 2.75 bits per heavy atom. The number of aromatic hydroxyl groups is 1. The molecule has 0 saturated heterocycles. The second kappa shape index (κ2) is 6.24. The summed E-state index contributed by atoms with van der Waals surface area (Å²) in [6.07, 6.45) is 0.785. The summed E-state index contributed by atoms with van der Waals surface area (Å²) in [5.41, 5.74) is 2.58. The minimum absolute atomic E-state index is 0.229. The van der Waals surface area contributed by atoms with E-state index in [1.54, 1.807) is 6.07 Å². The predicted molar refractivity (Wildman–Crippen MR) is 80.0 cm³/mol. The highest BCUT2D eigenvalue weighted by atomic mass is 16.3. The van der Waals surface area contributed by atoms with Crippen molar-refractivity contribution in [1.29, 1.82) is 0 Å². The maximum Gasteiger partial charge on any atom is 0.127 e. The van der Waals surface area contributed by atoms with E-state index >= 15 is 0 Å². The first kappa shape index (κ1) is 14.8. The minimum atomic E-state index is -0.508. The molecule has 1 atom stereocenters. The zero-order valence-corrected chi connectivity index (χ0v) is 12.3. The first-order chi connectivity index (χ1) is 9.51. The molecule has 0 fully saturated rings. The number of phenolic OH excluding ortho intramolecular Hbond substituents is 1. The molecule has 0 aliphatic heterocycles. The second-order valence-electron chi connectivity index (χ2n) is 5.49.